The van der Waals surface area contributed by atoms with Crippen LogP contribution in [0.3, 0.4) is 0 Å². The van der Waals surface area contributed by atoms with E-state index >= 15 is 0 Å². The molecule has 2 aromatic rings. The van der Waals surface area contributed by atoms with Gasteiger partial charge in [-0.1, -0.05) is 24.3 Å². The molecule has 0 aliphatic heterocycles. The first-order chi connectivity index (χ1) is 11.4. The second kappa shape index (κ2) is 8.12. The van der Waals surface area contributed by atoms with Gasteiger partial charge in [0, 0.05) is 18.3 Å². The van der Waals surface area contributed by atoms with Crippen LogP contribution >= 0.6 is 11.3 Å². The number of benzene rings is 1. The molecule has 1 aromatic heterocycles. The molecule has 0 fully saturated rings. The second-order valence-electron chi connectivity index (χ2n) is 5.11. The van der Waals surface area contributed by atoms with Gasteiger partial charge >= 0.3 is 0 Å². The van der Waals surface area contributed by atoms with Crippen molar-refractivity contribution in [3.05, 3.63) is 60.0 Å². The molecule has 0 aliphatic carbocycles. The van der Waals surface area contributed by atoms with Crippen LogP contribution in [0.4, 0.5) is 5.69 Å². The van der Waals surface area contributed by atoms with E-state index in [9.17, 15) is 13.2 Å². The Hall–Kier alpha value is -2.12. The van der Waals surface area contributed by atoms with E-state index < -0.39 is 10.0 Å². The summed E-state index contributed by atoms with van der Waals surface area (Å²) in [6, 6.07) is 12.4. The monoisotopic (exact) mass is 364 g/mol. The van der Waals surface area contributed by atoms with Crippen molar-refractivity contribution in [2.75, 3.05) is 17.4 Å². The maximum absolute atomic E-state index is 12.9. The Kier molecular flexibility index (Phi) is 6.16. The molecule has 128 valence electrons. The van der Waals surface area contributed by atoms with Gasteiger partial charge in [0.25, 0.3) is 10.0 Å². The molecule has 24 heavy (non-hydrogen) atoms. The minimum atomic E-state index is -3.64. The molecule has 0 aliphatic rings. The fourth-order valence-corrected chi connectivity index (χ4v) is 5.06. The third kappa shape index (κ3) is 4.46. The van der Waals surface area contributed by atoms with Crippen LogP contribution in [0.15, 0.2) is 59.3 Å². The van der Waals surface area contributed by atoms with Gasteiger partial charge in [-0.05, 0) is 30.7 Å². The third-order valence-corrected chi connectivity index (χ3v) is 6.67. The molecule has 1 heterocycles. The number of amides is 1. The molecule has 7 heteroatoms. The first-order valence-electron chi connectivity index (χ1n) is 7.47. The van der Waals surface area contributed by atoms with Gasteiger partial charge in [0.1, 0.15) is 4.21 Å². The van der Waals surface area contributed by atoms with E-state index in [1.54, 1.807) is 42.5 Å². The highest BCUT2D eigenvalue weighted by molar-refractivity contribution is 7.94. The van der Waals surface area contributed by atoms with Crippen molar-refractivity contribution in [3.8, 4) is 0 Å². The van der Waals surface area contributed by atoms with Crippen LogP contribution in [0.25, 0.3) is 0 Å². The van der Waals surface area contributed by atoms with Crippen LogP contribution in [0.1, 0.15) is 11.8 Å². The molecular weight excluding hydrogens is 344 g/mol. The summed E-state index contributed by atoms with van der Waals surface area (Å²) < 4.78 is 27.5. The van der Waals surface area contributed by atoms with Gasteiger partial charge in [-0.3, -0.25) is 9.10 Å². The quantitative estimate of drug-likeness (QED) is 0.733. The predicted octanol–water partition coefficient (Wildman–Crippen LogP) is 2.81. The average molecular weight is 364 g/mol. The minimum Gasteiger partial charge on any atom is -0.356 e. The van der Waals surface area contributed by atoms with Crippen molar-refractivity contribution < 1.29 is 13.2 Å². The van der Waals surface area contributed by atoms with Gasteiger partial charge in [-0.25, -0.2) is 8.42 Å². The van der Waals surface area contributed by atoms with Crippen LogP contribution < -0.4 is 9.62 Å². The predicted molar refractivity (Wildman–Crippen MR) is 97.9 cm³/mol. The third-order valence-electron chi connectivity index (χ3n) is 3.27. The molecule has 0 saturated heterocycles. The van der Waals surface area contributed by atoms with Crippen molar-refractivity contribution in [3.63, 3.8) is 0 Å². The lowest BCUT2D eigenvalue weighted by atomic mass is 10.3. The van der Waals surface area contributed by atoms with Crippen molar-refractivity contribution in [2.45, 2.75) is 17.6 Å². The number of carbonyl (C=O) groups is 1. The van der Waals surface area contributed by atoms with E-state index in [0.717, 1.165) is 4.88 Å². The van der Waals surface area contributed by atoms with Crippen molar-refractivity contribution >= 4 is 33.0 Å². The topological polar surface area (TPSA) is 66.5 Å². The zero-order valence-corrected chi connectivity index (χ0v) is 15.1. The summed E-state index contributed by atoms with van der Waals surface area (Å²) in [6.45, 7) is 5.80. The summed E-state index contributed by atoms with van der Waals surface area (Å²) in [5.74, 6) is -0.0966. The molecule has 0 saturated carbocycles. The first-order valence-corrected chi connectivity index (χ1v) is 9.72. The smallest absolute Gasteiger partial charge is 0.274 e. The highest BCUT2D eigenvalue weighted by Gasteiger charge is 2.25. The number of anilines is 1. The van der Waals surface area contributed by atoms with Gasteiger partial charge in [-0.15, -0.1) is 17.9 Å². The standard InChI is InChI=1S/C17H20N2O3S2/c1-3-13-19(15-7-5-4-6-8-15)24(21,22)17-10-9-16(23-17)11-12-18-14(2)20/h3-10H,1,11-13H2,2H3,(H,18,20). The lowest BCUT2D eigenvalue weighted by Gasteiger charge is -2.22. The number of nitrogens with zero attached hydrogens (tertiary/aromatic N) is 1. The Balaban J connectivity index is 2.23. The highest BCUT2D eigenvalue weighted by atomic mass is 32.2. The number of nitrogens with one attached hydrogen (secondary N) is 1. The Morgan fingerprint density at radius 3 is 2.58 bits per heavy atom. The van der Waals surface area contributed by atoms with Crippen molar-refractivity contribution in [1.29, 1.82) is 0 Å². The summed E-state index contributed by atoms with van der Waals surface area (Å²) in [4.78, 5) is 11.8. The average Bonchev–Trinajstić information content (AvgIpc) is 3.02. The fraction of sp³-hybridized carbons (Fsp3) is 0.235. The molecule has 1 aromatic carbocycles. The van der Waals surface area contributed by atoms with E-state index in [1.807, 2.05) is 6.07 Å². The molecule has 1 N–H and O–H groups in total. The summed E-state index contributed by atoms with van der Waals surface area (Å²) >= 11 is 1.23. The zero-order valence-electron chi connectivity index (χ0n) is 13.4. The van der Waals surface area contributed by atoms with E-state index in [-0.39, 0.29) is 16.7 Å². The SMILES string of the molecule is C=CCN(c1ccccc1)S(=O)(=O)c1ccc(CCNC(C)=O)s1. The number of thiophene rings is 1. The number of carbonyl (C=O) groups excluding carboxylic acids is 1. The minimum absolute atomic E-state index is 0.0966. The molecule has 0 radical (unpaired) electrons. The second-order valence-corrected chi connectivity index (χ2v) is 8.37. The largest absolute Gasteiger partial charge is 0.356 e. The normalized spacial score (nSPS) is 11.0. The van der Waals surface area contributed by atoms with Crippen LogP contribution in [-0.4, -0.2) is 27.4 Å². The summed E-state index contributed by atoms with van der Waals surface area (Å²) in [5, 5.41) is 2.71. The van der Waals surface area contributed by atoms with E-state index in [2.05, 4.69) is 11.9 Å². The lowest BCUT2D eigenvalue weighted by Crippen LogP contribution is -2.30. The summed E-state index contributed by atoms with van der Waals surface area (Å²) in [7, 11) is -3.64. The van der Waals surface area contributed by atoms with Crippen LogP contribution in [0, 0.1) is 0 Å². The summed E-state index contributed by atoms with van der Waals surface area (Å²) in [6.07, 6.45) is 2.17. The van der Waals surface area contributed by atoms with Gasteiger partial charge in [0.15, 0.2) is 0 Å². The number of rotatable bonds is 8. The number of hydrogen-bond donors (Lipinski definition) is 1. The highest BCUT2D eigenvalue weighted by Crippen LogP contribution is 2.28. The molecule has 2 rings (SSSR count). The van der Waals surface area contributed by atoms with Gasteiger partial charge in [0.2, 0.25) is 5.91 Å². The van der Waals surface area contributed by atoms with Crippen LogP contribution in [-0.2, 0) is 21.2 Å². The first kappa shape index (κ1) is 18.2. The van der Waals surface area contributed by atoms with E-state index in [4.69, 9.17) is 0 Å². The molecule has 0 spiro atoms. The fourth-order valence-electron chi connectivity index (χ4n) is 2.16. The Morgan fingerprint density at radius 1 is 1.25 bits per heavy atom. The molecule has 0 atom stereocenters. The van der Waals surface area contributed by atoms with Crippen LogP contribution in [0.2, 0.25) is 0 Å². The number of sulfonamides is 1. The Morgan fingerprint density at radius 2 is 1.96 bits per heavy atom. The number of para-hydroxylation sites is 1. The number of hydrogen-bond acceptors (Lipinski definition) is 4. The molecule has 1 amide bonds. The van der Waals surface area contributed by atoms with Crippen molar-refractivity contribution in [2.24, 2.45) is 0 Å². The van der Waals surface area contributed by atoms with Gasteiger partial charge in [-0.2, -0.15) is 0 Å². The zero-order chi connectivity index (χ0) is 17.6. The Labute approximate surface area is 146 Å². The maximum Gasteiger partial charge on any atom is 0.274 e. The molecular formula is C17H20N2O3S2. The molecule has 0 unspecified atom stereocenters. The summed E-state index contributed by atoms with van der Waals surface area (Å²) in [5.41, 5.74) is 0.602. The molecule has 5 nitrogen and oxygen atoms in total. The lowest BCUT2D eigenvalue weighted by molar-refractivity contribution is -0.118. The van der Waals surface area contributed by atoms with Gasteiger partial charge < -0.3 is 5.32 Å². The van der Waals surface area contributed by atoms with Gasteiger partial charge in [0.05, 0.1) is 12.2 Å². The van der Waals surface area contributed by atoms with Crippen LogP contribution in [0.5, 0.6) is 0 Å². The Bertz CT molecular complexity index is 798. The van der Waals surface area contributed by atoms with E-state index in [0.29, 0.717) is 18.7 Å². The maximum atomic E-state index is 12.9. The molecule has 0 bridgehead atoms. The van der Waals surface area contributed by atoms with E-state index in [1.165, 1.54) is 22.6 Å². The van der Waals surface area contributed by atoms with Crippen molar-refractivity contribution in [1.82, 2.24) is 5.32 Å².